The quantitative estimate of drug-likeness (QED) is 0.725. The van der Waals surface area contributed by atoms with E-state index in [0.29, 0.717) is 24.5 Å². The first-order valence-electron chi connectivity index (χ1n) is 8.21. The second kappa shape index (κ2) is 9.24. The molecule has 1 N–H and O–H groups in total. The second-order valence-electron chi connectivity index (χ2n) is 5.67. The summed E-state index contributed by atoms with van der Waals surface area (Å²) in [7, 11) is -0.670. The van der Waals surface area contributed by atoms with Crippen molar-refractivity contribution in [2.75, 3.05) is 26.5 Å². The van der Waals surface area contributed by atoms with Crippen molar-refractivity contribution in [2.45, 2.75) is 17.7 Å². The van der Waals surface area contributed by atoms with Crippen LogP contribution in [0.4, 0.5) is 0 Å². The van der Waals surface area contributed by atoms with Crippen molar-refractivity contribution in [3.05, 3.63) is 54.1 Å². The minimum Gasteiger partial charge on any atom is -0.493 e. The fourth-order valence-corrected chi connectivity index (χ4v) is 3.69. The molecule has 2 aromatic rings. The van der Waals surface area contributed by atoms with Gasteiger partial charge in [-0.1, -0.05) is 30.3 Å². The Morgan fingerprint density at radius 2 is 1.69 bits per heavy atom. The van der Waals surface area contributed by atoms with Gasteiger partial charge in [-0.2, -0.15) is 0 Å². The maximum absolute atomic E-state index is 12.4. The highest BCUT2D eigenvalue weighted by Crippen LogP contribution is 2.29. The molecular formula is C19H23NO5S. The van der Waals surface area contributed by atoms with Gasteiger partial charge in [-0.25, -0.2) is 8.42 Å². The maximum Gasteiger partial charge on any atom is 0.221 e. The van der Waals surface area contributed by atoms with Crippen molar-refractivity contribution in [2.24, 2.45) is 0 Å². The van der Waals surface area contributed by atoms with Gasteiger partial charge in [-0.15, -0.1) is 0 Å². The van der Waals surface area contributed by atoms with Gasteiger partial charge in [0.15, 0.2) is 21.3 Å². The highest BCUT2D eigenvalue weighted by molar-refractivity contribution is 7.91. The monoisotopic (exact) mass is 377 g/mol. The van der Waals surface area contributed by atoms with E-state index < -0.39 is 9.84 Å². The summed E-state index contributed by atoms with van der Waals surface area (Å²) in [5.74, 6) is 0.232. The van der Waals surface area contributed by atoms with Crippen molar-refractivity contribution in [3.8, 4) is 11.5 Å². The van der Waals surface area contributed by atoms with Crippen LogP contribution >= 0.6 is 0 Å². The van der Waals surface area contributed by atoms with E-state index in [4.69, 9.17) is 9.47 Å². The topological polar surface area (TPSA) is 81.7 Å². The summed E-state index contributed by atoms with van der Waals surface area (Å²) in [5.41, 5.74) is 1.12. The Bertz CT molecular complexity index is 834. The molecule has 0 aliphatic carbocycles. The smallest absolute Gasteiger partial charge is 0.221 e. The average molecular weight is 377 g/mol. The minimum atomic E-state index is -3.59. The summed E-state index contributed by atoms with van der Waals surface area (Å²) in [4.78, 5) is 12.0. The van der Waals surface area contributed by atoms with Gasteiger partial charge in [0.05, 0.1) is 24.9 Å². The van der Waals surface area contributed by atoms with Crippen LogP contribution in [0.2, 0.25) is 0 Å². The minimum absolute atomic E-state index is 0.0918. The fraction of sp³-hybridized carbons (Fsp3) is 0.316. The number of sulfone groups is 1. The van der Waals surface area contributed by atoms with Crippen molar-refractivity contribution in [3.63, 3.8) is 0 Å². The van der Waals surface area contributed by atoms with Gasteiger partial charge in [-0.3, -0.25) is 4.79 Å². The Hall–Kier alpha value is -2.54. The molecule has 2 aromatic carbocycles. The average Bonchev–Trinajstić information content (AvgIpc) is 2.66. The molecule has 1 amide bonds. The summed E-state index contributed by atoms with van der Waals surface area (Å²) in [6, 6.07) is 14.2. The number of ether oxygens (including phenoxy) is 2. The zero-order valence-corrected chi connectivity index (χ0v) is 15.7. The first-order chi connectivity index (χ1) is 12.5. The molecule has 0 aromatic heterocycles. The van der Waals surface area contributed by atoms with Crippen LogP contribution in [0.3, 0.4) is 0 Å². The predicted molar refractivity (Wildman–Crippen MR) is 99.4 cm³/mol. The number of hydrogen-bond donors (Lipinski definition) is 1. The molecule has 26 heavy (non-hydrogen) atoms. The van der Waals surface area contributed by atoms with Gasteiger partial charge < -0.3 is 14.8 Å². The standard InChI is InChI=1S/C19H23NO5S/c1-24-17-9-8-16(14-18(17)25-2)26(22,23)13-11-19(21)20-12-10-15-6-4-3-5-7-15/h3-9,14H,10-13H2,1-2H3,(H,20,21). The van der Waals surface area contributed by atoms with Crippen LogP contribution < -0.4 is 14.8 Å². The Balaban J connectivity index is 1.88. The molecule has 0 unspecified atom stereocenters. The number of carbonyl (C=O) groups is 1. The molecule has 2 rings (SSSR count). The molecule has 6 nitrogen and oxygen atoms in total. The summed E-state index contributed by atoms with van der Waals surface area (Å²) >= 11 is 0. The van der Waals surface area contributed by atoms with E-state index in [1.54, 1.807) is 0 Å². The van der Waals surface area contributed by atoms with Gasteiger partial charge in [0, 0.05) is 19.0 Å². The molecule has 0 bridgehead atoms. The third-order valence-corrected chi connectivity index (χ3v) is 5.60. The molecule has 7 heteroatoms. The summed E-state index contributed by atoms with van der Waals surface area (Å²) in [6.07, 6.45) is 0.612. The van der Waals surface area contributed by atoms with E-state index in [-0.39, 0.29) is 23.0 Å². The third-order valence-electron chi connectivity index (χ3n) is 3.89. The molecule has 0 radical (unpaired) electrons. The van der Waals surface area contributed by atoms with Crippen molar-refractivity contribution >= 4 is 15.7 Å². The lowest BCUT2D eigenvalue weighted by molar-refractivity contribution is -0.120. The zero-order valence-electron chi connectivity index (χ0n) is 14.9. The number of carbonyl (C=O) groups excluding carboxylic acids is 1. The number of hydrogen-bond acceptors (Lipinski definition) is 5. The SMILES string of the molecule is COc1ccc(S(=O)(=O)CCC(=O)NCCc2ccccc2)cc1OC. The Labute approximate surface area is 154 Å². The van der Waals surface area contributed by atoms with Crippen LogP contribution in [0.15, 0.2) is 53.4 Å². The molecule has 0 aliphatic heterocycles. The van der Waals surface area contributed by atoms with E-state index >= 15 is 0 Å². The Morgan fingerprint density at radius 3 is 2.35 bits per heavy atom. The number of rotatable bonds is 9. The molecule has 0 saturated carbocycles. The zero-order chi connectivity index (χ0) is 19.0. The Morgan fingerprint density at radius 1 is 1.00 bits per heavy atom. The predicted octanol–water partition coefficient (Wildman–Crippen LogP) is 2.23. The number of methoxy groups -OCH3 is 2. The molecule has 0 heterocycles. The van der Waals surface area contributed by atoms with Crippen LogP contribution in [0.5, 0.6) is 11.5 Å². The Kier molecular flexibility index (Phi) is 7.03. The van der Waals surface area contributed by atoms with E-state index in [1.165, 1.54) is 32.4 Å². The maximum atomic E-state index is 12.4. The van der Waals surface area contributed by atoms with Crippen molar-refractivity contribution in [1.29, 1.82) is 0 Å². The van der Waals surface area contributed by atoms with Crippen LogP contribution in [-0.4, -0.2) is 40.8 Å². The van der Waals surface area contributed by atoms with Gasteiger partial charge in [0.2, 0.25) is 5.91 Å². The fourth-order valence-electron chi connectivity index (χ4n) is 2.43. The van der Waals surface area contributed by atoms with Crippen LogP contribution in [0, 0.1) is 0 Å². The van der Waals surface area contributed by atoms with E-state index in [0.717, 1.165) is 5.56 Å². The molecule has 140 valence electrons. The highest BCUT2D eigenvalue weighted by Gasteiger charge is 2.18. The summed E-state index contributed by atoms with van der Waals surface area (Å²) in [6.45, 7) is 0.471. The number of nitrogens with one attached hydrogen (secondary N) is 1. The lowest BCUT2D eigenvalue weighted by Crippen LogP contribution is -2.27. The van der Waals surface area contributed by atoms with Crippen molar-refractivity contribution in [1.82, 2.24) is 5.32 Å². The summed E-state index contributed by atoms with van der Waals surface area (Å²) < 4.78 is 35.1. The van der Waals surface area contributed by atoms with E-state index in [9.17, 15) is 13.2 Å². The van der Waals surface area contributed by atoms with Crippen LogP contribution in [0.25, 0.3) is 0 Å². The third kappa shape index (κ3) is 5.49. The molecule has 0 atom stereocenters. The first kappa shape index (κ1) is 19.8. The largest absolute Gasteiger partial charge is 0.493 e. The first-order valence-corrected chi connectivity index (χ1v) is 9.87. The van der Waals surface area contributed by atoms with Gasteiger partial charge in [0.1, 0.15) is 0 Å². The van der Waals surface area contributed by atoms with E-state index in [1.807, 2.05) is 30.3 Å². The lowest BCUT2D eigenvalue weighted by Gasteiger charge is -2.10. The van der Waals surface area contributed by atoms with Crippen LogP contribution in [-0.2, 0) is 21.1 Å². The molecule has 0 aliphatic rings. The number of amides is 1. The van der Waals surface area contributed by atoms with Gasteiger partial charge >= 0.3 is 0 Å². The molecule has 0 saturated heterocycles. The van der Waals surface area contributed by atoms with Gasteiger partial charge in [0.25, 0.3) is 0 Å². The molecular weight excluding hydrogens is 354 g/mol. The highest BCUT2D eigenvalue weighted by atomic mass is 32.2. The normalized spacial score (nSPS) is 11.0. The molecule has 0 spiro atoms. The van der Waals surface area contributed by atoms with Crippen LogP contribution in [0.1, 0.15) is 12.0 Å². The van der Waals surface area contributed by atoms with E-state index in [2.05, 4.69) is 5.32 Å². The second-order valence-corrected chi connectivity index (χ2v) is 7.78. The number of benzene rings is 2. The molecule has 0 fully saturated rings. The van der Waals surface area contributed by atoms with Gasteiger partial charge in [-0.05, 0) is 24.1 Å². The van der Waals surface area contributed by atoms with Crippen molar-refractivity contribution < 1.29 is 22.7 Å². The summed E-state index contributed by atoms with van der Waals surface area (Å²) in [5, 5.41) is 2.75. The lowest BCUT2D eigenvalue weighted by atomic mass is 10.1.